The molecule has 252 valence electrons. The summed E-state index contributed by atoms with van der Waals surface area (Å²) in [6.45, 7) is 14.0. The van der Waals surface area contributed by atoms with Gasteiger partial charge in [-0.05, 0) is 127 Å². The molecular formula is C40H56O6. The summed E-state index contributed by atoms with van der Waals surface area (Å²) in [4.78, 5) is 27.4. The number of carboxylic acid groups (broad SMARTS) is 1. The van der Waals surface area contributed by atoms with Crippen molar-refractivity contribution < 1.29 is 29.6 Å². The van der Waals surface area contributed by atoms with Crippen molar-refractivity contribution in [1.29, 1.82) is 0 Å². The van der Waals surface area contributed by atoms with Crippen LogP contribution in [-0.2, 0) is 9.59 Å². The Bertz CT molecular complexity index is 1470. The van der Waals surface area contributed by atoms with Crippen LogP contribution in [0.4, 0.5) is 0 Å². The van der Waals surface area contributed by atoms with Gasteiger partial charge in [0.05, 0.1) is 18.6 Å². The van der Waals surface area contributed by atoms with E-state index < -0.39 is 16.8 Å². The van der Waals surface area contributed by atoms with Crippen molar-refractivity contribution in [3.8, 4) is 11.5 Å². The molecule has 8 atom stereocenters. The molecule has 0 aromatic heterocycles. The highest BCUT2D eigenvalue weighted by atomic mass is 16.5. The van der Waals surface area contributed by atoms with E-state index in [1.807, 2.05) is 6.08 Å². The van der Waals surface area contributed by atoms with Crippen LogP contribution in [-0.4, -0.2) is 40.3 Å². The van der Waals surface area contributed by atoms with Gasteiger partial charge in [0.15, 0.2) is 17.3 Å². The molecule has 6 rings (SSSR count). The molecule has 1 aromatic rings. The number of carbonyl (C=O) groups excluding carboxylic acids is 1. The average Bonchev–Trinajstić information content (AvgIpc) is 2.98. The zero-order valence-corrected chi connectivity index (χ0v) is 29.1. The minimum absolute atomic E-state index is 0.0272. The first-order valence-electron chi connectivity index (χ1n) is 17.7. The molecule has 0 unspecified atom stereocenters. The Kier molecular flexibility index (Phi) is 7.94. The second-order valence-corrected chi connectivity index (χ2v) is 17.7. The molecule has 6 nitrogen and oxygen atoms in total. The summed E-state index contributed by atoms with van der Waals surface area (Å²) in [7, 11) is 1.51. The average molecular weight is 633 g/mol. The third kappa shape index (κ3) is 4.74. The number of phenols is 1. The number of aliphatic hydroxyl groups excluding tert-OH is 1. The van der Waals surface area contributed by atoms with E-state index in [1.165, 1.54) is 12.7 Å². The summed E-state index contributed by atoms with van der Waals surface area (Å²) < 4.78 is 5.29. The Hall–Kier alpha value is -2.60. The summed E-state index contributed by atoms with van der Waals surface area (Å²) >= 11 is 0. The highest BCUT2D eigenvalue weighted by molar-refractivity contribution is 5.94. The van der Waals surface area contributed by atoms with E-state index >= 15 is 0 Å². The van der Waals surface area contributed by atoms with Crippen molar-refractivity contribution in [2.24, 2.45) is 50.2 Å². The number of methoxy groups -OCH3 is 1. The zero-order valence-electron chi connectivity index (χ0n) is 29.1. The lowest BCUT2D eigenvalue weighted by molar-refractivity contribution is -0.209. The molecule has 4 fully saturated rings. The number of carboxylic acids is 1. The van der Waals surface area contributed by atoms with Crippen LogP contribution in [0.5, 0.6) is 11.5 Å². The van der Waals surface area contributed by atoms with Gasteiger partial charge in [0.2, 0.25) is 0 Å². The largest absolute Gasteiger partial charge is 0.504 e. The topological polar surface area (TPSA) is 104 Å². The van der Waals surface area contributed by atoms with E-state index in [2.05, 4.69) is 47.6 Å². The van der Waals surface area contributed by atoms with Gasteiger partial charge in [-0.25, -0.2) is 0 Å². The maximum atomic E-state index is 14.2. The third-order valence-electron chi connectivity index (χ3n) is 14.9. The fraction of sp³-hybridized carbons (Fsp3) is 0.700. The number of hydrogen-bond donors (Lipinski definition) is 3. The number of aliphatic carboxylic acids is 1. The summed E-state index contributed by atoms with van der Waals surface area (Å²) in [6.07, 6.45) is 14.4. The SMILES string of the molecule is COc1cc(/C=C/C(=O)C[C@@]23CC[C@@]4(C(=O)O)CCC(C)(C)C[C@H]4C2=CC[C@@H]2[C@@]4(C)CC[C@H](O)C(C)(C)[C@@H]4CC[C@]23C)ccc1O. The van der Waals surface area contributed by atoms with Gasteiger partial charge in [-0.2, -0.15) is 0 Å². The molecule has 5 aliphatic carbocycles. The normalized spacial score (nSPS) is 40.9. The standard InChI is InChI=1S/C40H56O6/c1-35(2)18-19-39(34(44)45)20-21-40(23-26(41)10-8-25-9-12-29(42)30(22-25)46-7)27(28(39)24-35)11-13-32-37(5)16-15-33(43)36(3,4)31(37)14-17-38(32,40)6/h8-12,22,28,31-33,42-43H,13-21,23-24H2,1-7H3,(H,44,45)/b10-8+/t28-,31-,32+,33-,37-,38+,39-,40-/m0/s1. The number of allylic oxidation sites excluding steroid dienone is 3. The predicted octanol–water partition coefficient (Wildman–Crippen LogP) is 8.60. The van der Waals surface area contributed by atoms with Gasteiger partial charge in [0, 0.05) is 11.8 Å². The van der Waals surface area contributed by atoms with E-state index in [0.29, 0.717) is 43.3 Å². The first kappa shape index (κ1) is 33.3. The summed E-state index contributed by atoms with van der Waals surface area (Å²) in [5.74, 6) is 0.482. The molecule has 0 bridgehead atoms. The summed E-state index contributed by atoms with van der Waals surface area (Å²) in [5.41, 5.74) is 0.578. The maximum Gasteiger partial charge on any atom is 0.310 e. The Morgan fingerprint density at radius 1 is 0.957 bits per heavy atom. The second kappa shape index (κ2) is 11.0. The van der Waals surface area contributed by atoms with Crippen molar-refractivity contribution in [3.63, 3.8) is 0 Å². The Balaban J connectivity index is 1.45. The van der Waals surface area contributed by atoms with E-state index in [4.69, 9.17) is 4.74 Å². The van der Waals surface area contributed by atoms with Gasteiger partial charge in [-0.1, -0.05) is 65.3 Å². The number of fused-ring (bicyclic) bond motifs is 7. The van der Waals surface area contributed by atoms with Crippen molar-refractivity contribution in [1.82, 2.24) is 0 Å². The van der Waals surface area contributed by atoms with Gasteiger partial charge in [0.25, 0.3) is 0 Å². The molecule has 0 aliphatic heterocycles. The molecule has 4 saturated carbocycles. The molecule has 0 amide bonds. The van der Waals surface area contributed by atoms with Crippen molar-refractivity contribution in [2.75, 3.05) is 7.11 Å². The monoisotopic (exact) mass is 632 g/mol. The number of carbonyl (C=O) groups is 2. The van der Waals surface area contributed by atoms with Crippen LogP contribution in [0.25, 0.3) is 6.08 Å². The van der Waals surface area contributed by atoms with Gasteiger partial charge in [-0.15, -0.1) is 0 Å². The molecule has 0 radical (unpaired) electrons. The first-order chi connectivity index (χ1) is 21.5. The molecule has 0 saturated heterocycles. The molecule has 5 aliphatic rings. The van der Waals surface area contributed by atoms with Crippen LogP contribution >= 0.6 is 0 Å². The van der Waals surface area contributed by atoms with Gasteiger partial charge >= 0.3 is 5.97 Å². The highest BCUT2D eigenvalue weighted by Gasteiger charge is 2.70. The number of benzene rings is 1. The molecule has 0 spiro atoms. The Morgan fingerprint density at radius 2 is 1.67 bits per heavy atom. The lowest BCUT2D eigenvalue weighted by Crippen LogP contribution is -2.66. The molecule has 3 N–H and O–H groups in total. The van der Waals surface area contributed by atoms with Crippen LogP contribution < -0.4 is 4.74 Å². The number of aromatic hydroxyl groups is 1. The van der Waals surface area contributed by atoms with E-state index in [0.717, 1.165) is 50.5 Å². The minimum Gasteiger partial charge on any atom is -0.504 e. The third-order valence-corrected chi connectivity index (χ3v) is 14.9. The Morgan fingerprint density at radius 3 is 2.37 bits per heavy atom. The molecule has 1 aromatic carbocycles. The summed E-state index contributed by atoms with van der Waals surface area (Å²) in [5, 5.41) is 32.0. The smallest absolute Gasteiger partial charge is 0.310 e. The van der Waals surface area contributed by atoms with Crippen LogP contribution in [0.2, 0.25) is 0 Å². The molecule has 0 heterocycles. The van der Waals surface area contributed by atoms with Crippen LogP contribution in [0.3, 0.4) is 0 Å². The molecular weight excluding hydrogens is 576 g/mol. The lowest BCUT2D eigenvalue weighted by Gasteiger charge is -2.71. The molecule has 46 heavy (non-hydrogen) atoms. The van der Waals surface area contributed by atoms with Gasteiger partial charge < -0.3 is 20.1 Å². The number of hydrogen-bond acceptors (Lipinski definition) is 5. The summed E-state index contributed by atoms with van der Waals surface area (Å²) in [6, 6.07) is 5.08. The number of phenolic OH excluding ortho intramolecular Hbond substituents is 1. The molecule has 6 heteroatoms. The van der Waals surface area contributed by atoms with Crippen molar-refractivity contribution in [3.05, 3.63) is 41.5 Å². The van der Waals surface area contributed by atoms with E-state index in [1.54, 1.807) is 24.3 Å². The number of ketones is 1. The number of rotatable bonds is 6. The fourth-order valence-corrected chi connectivity index (χ4v) is 12.1. The van der Waals surface area contributed by atoms with E-state index in [-0.39, 0.29) is 45.2 Å². The van der Waals surface area contributed by atoms with Crippen LogP contribution in [0, 0.1) is 50.2 Å². The quantitative estimate of drug-likeness (QED) is 0.214. The lowest BCUT2D eigenvalue weighted by atomic mass is 9.32. The van der Waals surface area contributed by atoms with E-state index in [9.17, 15) is 24.9 Å². The second-order valence-electron chi connectivity index (χ2n) is 17.7. The van der Waals surface area contributed by atoms with Crippen LogP contribution in [0.15, 0.2) is 35.9 Å². The zero-order chi connectivity index (χ0) is 33.5. The highest BCUT2D eigenvalue weighted by Crippen LogP contribution is 2.76. The predicted molar refractivity (Wildman–Crippen MR) is 180 cm³/mol. The van der Waals surface area contributed by atoms with Gasteiger partial charge in [0.1, 0.15) is 0 Å². The first-order valence-corrected chi connectivity index (χ1v) is 17.7. The number of aliphatic hydroxyl groups is 1. The van der Waals surface area contributed by atoms with Crippen molar-refractivity contribution >= 4 is 17.8 Å². The van der Waals surface area contributed by atoms with Gasteiger partial charge in [-0.3, -0.25) is 9.59 Å². The van der Waals surface area contributed by atoms with Crippen molar-refractivity contribution in [2.45, 2.75) is 118 Å². The fourth-order valence-electron chi connectivity index (χ4n) is 12.1. The minimum atomic E-state index is -0.770. The Labute approximate surface area is 275 Å². The maximum absolute atomic E-state index is 14.2. The number of ether oxygens (including phenoxy) is 1. The van der Waals surface area contributed by atoms with Crippen LogP contribution in [0.1, 0.15) is 118 Å².